The van der Waals surface area contributed by atoms with E-state index in [9.17, 15) is 18.3 Å². The Kier molecular flexibility index (Phi) is 4.69. The van der Waals surface area contributed by atoms with E-state index in [4.69, 9.17) is 0 Å². The van der Waals surface area contributed by atoms with Gasteiger partial charge >= 0.3 is 0 Å². The van der Waals surface area contributed by atoms with Crippen molar-refractivity contribution >= 4 is 27.1 Å². The van der Waals surface area contributed by atoms with Gasteiger partial charge in [0.1, 0.15) is 11.4 Å². The monoisotopic (exact) mass is 373 g/mol. The van der Waals surface area contributed by atoms with Crippen LogP contribution in [0.5, 0.6) is 5.75 Å². The highest BCUT2D eigenvalue weighted by atomic mass is 32.2. The van der Waals surface area contributed by atoms with Crippen molar-refractivity contribution in [3.63, 3.8) is 0 Å². The Balaban J connectivity index is 1.81. The zero-order valence-corrected chi connectivity index (χ0v) is 15.2. The number of phenolic OH excluding ortho intramolecular Hbond substituents is 1. The summed E-state index contributed by atoms with van der Waals surface area (Å²) in [7, 11) is -3.43. The molecular formula is C18H19N3O4S. The lowest BCUT2D eigenvalue weighted by Crippen LogP contribution is -2.15. The van der Waals surface area contributed by atoms with Crippen molar-refractivity contribution in [2.45, 2.75) is 25.2 Å². The molecule has 8 heteroatoms. The predicted molar refractivity (Wildman–Crippen MR) is 98.1 cm³/mol. The molecule has 0 radical (unpaired) electrons. The van der Waals surface area contributed by atoms with E-state index in [0.717, 1.165) is 11.2 Å². The van der Waals surface area contributed by atoms with E-state index in [1.54, 1.807) is 6.20 Å². The number of hydrogen-bond acceptors (Lipinski definition) is 5. The Bertz CT molecular complexity index is 1090. The summed E-state index contributed by atoms with van der Waals surface area (Å²) in [5.74, 6) is -0.655. The van der Waals surface area contributed by atoms with Crippen molar-refractivity contribution in [1.82, 2.24) is 9.38 Å². The van der Waals surface area contributed by atoms with Gasteiger partial charge in [-0.15, -0.1) is 0 Å². The Morgan fingerprint density at radius 3 is 2.77 bits per heavy atom. The molecule has 26 heavy (non-hydrogen) atoms. The molecule has 1 aromatic carbocycles. The quantitative estimate of drug-likeness (QED) is 0.669. The number of sulfone groups is 1. The van der Waals surface area contributed by atoms with Gasteiger partial charge in [-0.2, -0.15) is 0 Å². The Morgan fingerprint density at radius 2 is 2.08 bits per heavy atom. The van der Waals surface area contributed by atoms with Gasteiger partial charge in [-0.3, -0.25) is 4.79 Å². The summed E-state index contributed by atoms with van der Waals surface area (Å²) in [6.07, 6.45) is 3.62. The first-order chi connectivity index (χ1) is 12.3. The summed E-state index contributed by atoms with van der Waals surface area (Å²) in [5, 5.41) is 12.5. The largest absolute Gasteiger partial charge is 0.506 e. The number of aryl methyl sites for hydroxylation is 1. The maximum absolute atomic E-state index is 12.3. The fourth-order valence-electron chi connectivity index (χ4n) is 2.62. The molecule has 0 saturated carbocycles. The number of aromatic hydroxyl groups is 1. The molecule has 0 aliphatic rings. The average Bonchev–Trinajstić information content (AvgIpc) is 3.00. The minimum atomic E-state index is -3.43. The second kappa shape index (κ2) is 6.80. The first kappa shape index (κ1) is 17.9. The molecule has 136 valence electrons. The zero-order valence-electron chi connectivity index (χ0n) is 14.4. The van der Waals surface area contributed by atoms with Gasteiger partial charge in [0, 0.05) is 12.4 Å². The molecule has 0 fully saturated rings. The molecule has 2 heterocycles. The van der Waals surface area contributed by atoms with Crippen molar-refractivity contribution in [1.29, 1.82) is 0 Å². The molecule has 2 aromatic heterocycles. The van der Waals surface area contributed by atoms with Crippen LogP contribution in [0.25, 0.3) is 5.65 Å². The highest BCUT2D eigenvalue weighted by Gasteiger charge is 2.16. The third kappa shape index (κ3) is 3.55. The van der Waals surface area contributed by atoms with Crippen molar-refractivity contribution in [2.24, 2.45) is 0 Å². The number of fused-ring (bicyclic) bond motifs is 1. The predicted octanol–water partition coefficient (Wildman–Crippen LogP) is 2.32. The van der Waals surface area contributed by atoms with Crippen LogP contribution in [0.15, 0.2) is 47.6 Å². The van der Waals surface area contributed by atoms with Crippen molar-refractivity contribution < 1.29 is 18.3 Å². The van der Waals surface area contributed by atoms with Crippen molar-refractivity contribution in [3.05, 3.63) is 54.0 Å². The summed E-state index contributed by atoms with van der Waals surface area (Å²) in [6, 6.07) is 7.66. The van der Waals surface area contributed by atoms with Gasteiger partial charge in [0.05, 0.1) is 28.5 Å². The van der Waals surface area contributed by atoms with Gasteiger partial charge < -0.3 is 14.8 Å². The Labute approximate surface area is 151 Å². The molecule has 0 saturated heterocycles. The summed E-state index contributed by atoms with van der Waals surface area (Å²) >= 11 is 0. The van der Waals surface area contributed by atoms with Crippen LogP contribution >= 0.6 is 0 Å². The SMILES string of the molecule is CCS(=O)(=O)c1ccc(O)c(NC(=O)Cc2cn3cccc(C)c3n2)c1. The van der Waals surface area contributed by atoms with Crippen LogP contribution in [0.1, 0.15) is 18.2 Å². The summed E-state index contributed by atoms with van der Waals surface area (Å²) in [4.78, 5) is 16.8. The number of anilines is 1. The number of carbonyl (C=O) groups excluding carboxylic acids is 1. The molecule has 0 unspecified atom stereocenters. The number of hydrogen-bond donors (Lipinski definition) is 2. The lowest BCUT2D eigenvalue weighted by atomic mass is 10.2. The maximum Gasteiger partial charge on any atom is 0.230 e. The standard InChI is InChI=1S/C18H19N3O4S/c1-3-26(24,25)14-6-7-16(22)15(10-14)20-17(23)9-13-11-21-8-4-5-12(2)18(21)19-13/h4-8,10-11,22H,3,9H2,1-2H3,(H,20,23). The molecule has 1 amide bonds. The number of imidazole rings is 1. The maximum atomic E-state index is 12.3. The summed E-state index contributed by atoms with van der Waals surface area (Å²) < 4.78 is 25.8. The van der Waals surface area contributed by atoms with Crippen LogP contribution in [0.4, 0.5) is 5.69 Å². The zero-order chi connectivity index (χ0) is 18.9. The fraction of sp³-hybridized carbons (Fsp3) is 0.222. The van der Waals surface area contributed by atoms with Gasteiger partial charge in [0.2, 0.25) is 5.91 Å². The Hall–Kier alpha value is -2.87. The van der Waals surface area contributed by atoms with Crippen molar-refractivity contribution in [2.75, 3.05) is 11.1 Å². The molecule has 0 aliphatic heterocycles. The first-order valence-electron chi connectivity index (χ1n) is 8.09. The molecule has 3 rings (SSSR count). The van der Waals surface area contributed by atoms with Crippen LogP contribution < -0.4 is 5.32 Å². The van der Waals surface area contributed by atoms with Gasteiger partial charge in [-0.1, -0.05) is 13.0 Å². The second-order valence-corrected chi connectivity index (χ2v) is 8.24. The van der Waals surface area contributed by atoms with Crippen LogP contribution in [0, 0.1) is 6.92 Å². The van der Waals surface area contributed by atoms with Crippen LogP contribution in [0.3, 0.4) is 0 Å². The van der Waals surface area contributed by atoms with Crippen LogP contribution in [-0.2, 0) is 21.1 Å². The number of carbonyl (C=O) groups is 1. The van der Waals surface area contributed by atoms with E-state index in [2.05, 4.69) is 10.3 Å². The molecular weight excluding hydrogens is 354 g/mol. The smallest absolute Gasteiger partial charge is 0.230 e. The number of aromatic nitrogens is 2. The van der Waals surface area contributed by atoms with E-state index in [1.165, 1.54) is 25.1 Å². The number of benzene rings is 1. The fourth-order valence-corrected chi connectivity index (χ4v) is 3.53. The number of nitrogens with one attached hydrogen (secondary N) is 1. The topological polar surface area (TPSA) is 101 Å². The van der Waals surface area contributed by atoms with Crippen LogP contribution in [-0.4, -0.2) is 34.6 Å². The van der Waals surface area contributed by atoms with E-state index in [0.29, 0.717) is 5.69 Å². The molecule has 0 aliphatic carbocycles. The van der Waals surface area contributed by atoms with E-state index in [1.807, 2.05) is 29.7 Å². The number of phenols is 1. The van der Waals surface area contributed by atoms with Gasteiger partial charge in [0.25, 0.3) is 0 Å². The normalized spacial score (nSPS) is 11.6. The third-order valence-electron chi connectivity index (χ3n) is 4.05. The Morgan fingerprint density at radius 1 is 1.31 bits per heavy atom. The van der Waals surface area contributed by atoms with Gasteiger partial charge in [-0.25, -0.2) is 13.4 Å². The summed E-state index contributed by atoms with van der Waals surface area (Å²) in [5.41, 5.74) is 2.40. The highest BCUT2D eigenvalue weighted by Crippen LogP contribution is 2.27. The lowest BCUT2D eigenvalue weighted by Gasteiger charge is -2.09. The van der Waals surface area contributed by atoms with Crippen LogP contribution in [0.2, 0.25) is 0 Å². The van der Waals surface area contributed by atoms with Gasteiger partial charge in [-0.05, 0) is 36.8 Å². The molecule has 0 bridgehead atoms. The molecule has 0 atom stereocenters. The number of rotatable bonds is 5. The highest BCUT2D eigenvalue weighted by molar-refractivity contribution is 7.91. The van der Waals surface area contributed by atoms with Crippen molar-refractivity contribution in [3.8, 4) is 5.75 Å². The van der Waals surface area contributed by atoms with E-state index < -0.39 is 15.7 Å². The third-order valence-corrected chi connectivity index (χ3v) is 5.78. The summed E-state index contributed by atoms with van der Waals surface area (Å²) in [6.45, 7) is 3.47. The lowest BCUT2D eigenvalue weighted by molar-refractivity contribution is -0.115. The number of pyridine rings is 1. The van der Waals surface area contributed by atoms with E-state index >= 15 is 0 Å². The second-order valence-electron chi connectivity index (χ2n) is 5.96. The molecule has 3 aromatic rings. The number of amides is 1. The molecule has 2 N–H and O–H groups in total. The molecule has 7 nitrogen and oxygen atoms in total. The number of nitrogens with zero attached hydrogens (tertiary/aromatic N) is 2. The van der Waals surface area contributed by atoms with E-state index in [-0.39, 0.29) is 28.5 Å². The molecule has 0 spiro atoms. The first-order valence-corrected chi connectivity index (χ1v) is 9.74. The minimum Gasteiger partial charge on any atom is -0.506 e. The van der Waals surface area contributed by atoms with Gasteiger partial charge in [0.15, 0.2) is 9.84 Å². The average molecular weight is 373 g/mol. The minimum absolute atomic E-state index is 0.00527.